The standard InChI is InChI=1S/C21H24N4O3/c1-15-3-8-20(16(2)9-15)21(12-25-14-23-13-24-25)27-11-19(28-21)10-26-18-6-4-17(22)5-7-18/h3-9,13-14,19H,10-12,22H2,1-2H3/t19-,21-/m0/s1. The smallest absolute Gasteiger partial charge is 0.216 e. The summed E-state index contributed by atoms with van der Waals surface area (Å²) in [5.74, 6) is -0.182. The summed E-state index contributed by atoms with van der Waals surface area (Å²) in [6, 6.07) is 13.6. The van der Waals surface area contributed by atoms with Gasteiger partial charge < -0.3 is 19.9 Å². The fourth-order valence-corrected chi connectivity index (χ4v) is 3.48. The predicted molar refractivity (Wildman–Crippen MR) is 105 cm³/mol. The van der Waals surface area contributed by atoms with Gasteiger partial charge in [-0.15, -0.1) is 0 Å². The average molecular weight is 380 g/mol. The number of nitrogens with two attached hydrogens (primary N) is 1. The van der Waals surface area contributed by atoms with Crippen LogP contribution >= 0.6 is 0 Å². The number of aromatic nitrogens is 3. The molecule has 2 N–H and O–H groups in total. The minimum absolute atomic E-state index is 0.207. The molecule has 2 heterocycles. The summed E-state index contributed by atoms with van der Waals surface area (Å²) in [6.45, 7) is 5.36. The molecule has 1 fully saturated rings. The van der Waals surface area contributed by atoms with Crippen LogP contribution in [-0.4, -0.2) is 34.1 Å². The summed E-state index contributed by atoms with van der Waals surface area (Å²) in [7, 11) is 0. The van der Waals surface area contributed by atoms with E-state index < -0.39 is 5.79 Å². The first kappa shape index (κ1) is 18.5. The Morgan fingerprint density at radius 3 is 2.75 bits per heavy atom. The fourth-order valence-electron chi connectivity index (χ4n) is 3.48. The zero-order valence-electron chi connectivity index (χ0n) is 16.0. The number of anilines is 1. The Morgan fingerprint density at radius 2 is 2.04 bits per heavy atom. The number of nitrogens with zero attached hydrogens (tertiary/aromatic N) is 3. The van der Waals surface area contributed by atoms with Crippen molar-refractivity contribution in [2.75, 3.05) is 18.9 Å². The van der Waals surface area contributed by atoms with E-state index in [0.29, 0.717) is 25.4 Å². The van der Waals surface area contributed by atoms with E-state index in [2.05, 4.69) is 42.1 Å². The zero-order chi connectivity index (χ0) is 19.6. The first-order valence-corrected chi connectivity index (χ1v) is 9.24. The van der Waals surface area contributed by atoms with Crippen molar-refractivity contribution < 1.29 is 14.2 Å². The van der Waals surface area contributed by atoms with Gasteiger partial charge in [-0.25, -0.2) is 9.67 Å². The molecule has 7 heteroatoms. The van der Waals surface area contributed by atoms with Gasteiger partial charge in [0.2, 0.25) is 5.79 Å². The van der Waals surface area contributed by atoms with Crippen LogP contribution in [0.1, 0.15) is 16.7 Å². The minimum atomic E-state index is -0.930. The van der Waals surface area contributed by atoms with Crippen LogP contribution in [-0.2, 0) is 21.8 Å². The zero-order valence-corrected chi connectivity index (χ0v) is 16.0. The Kier molecular flexibility index (Phi) is 5.02. The normalized spacial score (nSPS) is 21.7. The highest BCUT2D eigenvalue weighted by molar-refractivity contribution is 5.41. The molecule has 0 radical (unpaired) electrons. The topological polar surface area (TPSA) is 84.4 Å². The number of ether oxygens (including phenoxy) is 3. The Bertz CT molecular complexity index is 927. The number of aryl methyl sites for hydroxylation is 2. The fraction of sp³-hybridized carbons (Fsp3) is 0.333. The van der Waals surface area contributed by atoms with Crippen molar-refractivity contribution in [2.24, 2.45) is 0 Å². The number of hydrogen-bond acceptors (Lipinski definition) is 6. The highest BCUT2D eigenvalue weighted by atomic mass is 16.8. The number of hydrogen-bond donors (Lipinski definition) is 1. The van der Waals surface area contributed by atoms with Gasteiger partial charge in [-0.2, -0.15) is 5.10 Å². The molecule has 2 aromatic carbocycles. The third kappa shape index (κ3) is 3.85. The molecule has 0 amide bonds. The molecule has 2 atom stereocenters. The molecule has 0 saturated carbocycles. The van der Waals surface area contributed by atoms with E-state index >= 15 is 0 Å². The van der Waals surface area contributed by atoms with Crippen LogP contribution in [0.4, 0.5) is 5.69 Å². The highest BCUT2D eigenvalue weighted by Crippen LogP contribution is 2.38. The number of nitrogen functional groups attached to an aromatic ring is 1. The lowest BCUT2D eigenvalue weighted by Crippen LogP contribution is -2.35. The van der Waals surface area contributed by atoms with Crippen LogP contribution in [0, 0.1) is 13.8 Å². The van der Waals surface area contributed by atoms with Gasteiger partial charge in [-0.3, -0.25) is 0 Å². The summed E-state index contributed by atoms with van der Waals surface area (Å²) in [6.07, 6.45) is 2.96. The summed E-state index contributed by atoms with van der Waals surface area (Å²) < 4.78 is 20.2. The highest BCUT2D eigenvalue weighted by Gasteiger charge is 2.45. The molecule has 146 valence electrons. The largest absolute Gasteiger partial charge is 0.491 e. The SMILES string of the molecule is Cc1ccc([C@@]2(Cn3cncn3)OC[C@H](COc3ccc(N)cc3)O2)c(C)c1. The van der Waals surface area contributed by atoms with Crippen molar-refractivity contribution in [3.8, 4) is 5.75 Å². The van der Waals surface area contributed by atoms with Gasteiger partial charge in [-0.1, -0.05) is 23.8 Å². The Morgan fingerprint density at radius 1 is 1.21 bits per heavy atom. The number of benzene rings is 2. The van der Waals surface area contributed by atoms with E-state index in [1.54, 1.807) is 11.0 Å². The van der Waals surface area contributed by atoms with Crippen molar-refractivity contribution in [2.45, 2.75) is 32.3 Å². The Labute approximate surface area is 164 Å². The van der Waals surface area contributed by atoms with Crippen molar-refractivity contribution in [1.82, 2.24) is 14.8 Å². The van der Waals surface area contributed by atoms with Crippen LogP contribution in [0.2, 0.25) is 0 Å². The third-order valence-corrected chi connectivity index (χ3v) is 4.80. The molecule has 28 heavy (non-hydrogen) atoms. The van der Waals surface area contributed by atoms with Crippen molar-refractivity contribution in [3.05, 3.63) is 71.8 Å². The summed E-state index contributed by atoms with van der Waals surface area (Å²) in [5.41, 5.74) is 9.72. The molecule has 1 aromatic heterocycles. The van der Waals surface area contributed by atoms with Gasteiger partial charge in [0.25, 0.3) is 0 Å². The van der Waals surface area contributed by atoms with Crippen LogP contribution < -0.4 is 10.5 Å². The predicted octanol–water partition coefficient (Wildman–Crippen LogP) is 2.82. The first-order valence-electron chi connectivity index (χ1n) is 9.24. The molecule has 0 spiro atoms. The number of rotatable bonds is 6. The first-order chi connectivity index (χ1) is 13.5. The summed E-state index contributed by atoms with van der Waals surface area (Å²) >= 11 is 0. The Hall–Kier alpha value is -2.90. The second-order valence-electron chi connectivity index (χ2n) is 7.10. The van der Waals surface area contributed by atoms with Gasteiger partial charge >= 0.3 is 0 Å². The van der Waals surface area contributed by atoms with Crippen LogP contribution in [0.5, 0.6) is 5.75 Å². The lowest BCUT2D eigenvalue weighted by Gasteiger charge is -2.30. The van der Waals surface area contributed by atoms with E-state index in [0.717, 1.165) is 16.9 Å². The van der Waals surface area contributed by atoms with Gasteiger partial charge in [-0.05, 0) is 43.7 Å². The van der Waals surface area contributed by atoms with Crippen LogP contribution in [0.3, 0.4) is 0 Å². The molecular weight excluding hydrogens is 356 g/mol. The minimum Gasteiger partial charge on any atom is -0.491 e. The molecule has 1 aliphatic heterocycles. The summed E-state index contributed by atoms with van der Waals surface area (Å²) in [4.78, 5) is 4.03. The molecular formula is C21H24N4O3. The maximum absolute atomic E-state index is 6.41. The van der Waals surface area contributed by atoms with E-state index in [1.165, 1.54) is 11.9 Å². The molecule has 4 rings (SSSR count). The average Bonchev–Trinajstić information content (AvgIpc) is 3.32. The molecule has 1 saturated heterocycles. The van der Waals surface area contributed by atoms with Crippen molar-refractivity contribution in [1.29, 1.82) is 0 Å². The lowest BCUT2D eigenvalue weighted by molar-refractivity contribution is -0.191. The quantitative estimate of drug-likeness (QED) is 0.662. The third-order valence-electron chi connectivity index (χ3n) is 4.80. The lowest BCUT2D eigenvalue weighted by atomic mass is 9.98. The van der Waals surface area contributed by atoms with Crippen LogP contribution in [0.25, 0.3) is 0 Å². The molecule has 1 aliphatic rings. The molecule has 0 unspecified atom stereocenters. The molecule has 0 bridgehead atoms. The van der Waals surface area contributed by atoms with Crippen molar-refractivity contribution >= 4 is 5.69 Å². The van der Waals surface area contributed by atoms with Gasteiger partial charge in [0, 0.05) is 11.3 Å². The van der Waals surface area contributed by atoms with E-state index in [-0.39, 0.29) is 6.10 Å². The van der Waals surface area contributed by atoms with Gasteiger partial charge in [0.05, 0.1) is 6.61 Å². The van der Waals surface area contributed by atoms with E-state index in [9.17, 15) is 0 Å². The van der Waals surface area contributed by atoms with Crippen molar-refractivity contribution in [3.63, 3.8) is 0 Å². The van der Waals surface area contributed by atoms with Gasteiger partial charge in [0.15, 0.2) is 0 Å². The Balaban J connectivity index is 1.54. The van der Waals surface area contributed by atoms with E-state index in [1.807, 2.05) is 24.3 Å². The van der Waals surface area contributed by atoms with E-state index in [4.69, 9.17) is 19.9 Å². The molecule has 3 aromatic rings. The molecule has 0 aliphatic carbocycles. The maximum atomic E-state index is 6.41. The monoisotopic (exact) mass is 380 g/mol. The van der Waals surface area contributed by atoms with Crippen LogP contribution in [0.15, 0.2) is 55.1 Å². The second kappa shape index (κ2) is 7.61. The maximum Gasteiger partial charge on any atom is 0.216 e. The molecule has 7 nitrogen and oxygen atoms in total. The second-order valence-corrected chi connectivity index (χ2v) is 7.10. The summed E-state index contributed by atoms with van der Waals surface area (Å²) in [5, 5.41) is 4.23. The van der Waals surface area contributed by atoms with Gasteiger partial charge in [0.1, 0.15) is 37.7 Å².